The topological polar surface area (TPSA) is 90.2 Å². The molecule has 74 valence electrons. The van der Waals surface area contributed by atoms with E-state index in [2.05, 4.69) is 4.74 Å². The molecule has 0 spiro atoms. The van der Waals surface area contributed by atoms with Crippen molar-refractivity contribution in [1.29, 1.82) is 0 Å². The summed E-state index contributed by atoms with van der Waals surface area (Å²) in [6.07, 6.45) is -5.99. The number of halogens is 1. The van der Waals surface area contributed by atoms with Gasteiger partial charge in [0.2, 0.25) is 0 Å². The van der Waals surface area contributed by atoms with Crippen molar-refractivity contribution in [3.63, 3.8) is 0 Å². The van der Waals surface area contributed by atoms with Crippen LogP contribution in [-0.4, -0.2) is 51.1 Å². The molecule has 6 heteroatoms. The molecule has 0 aliphatic carbocycles. The molecular formula is C6H13ClO5. The van der Waals surface area contributed by atoms with E-state index in [-0.39, 0.29) is 12.4 Å². The molecule has 0 aromatic rings. The largest absolute Gasteiger partial charge is 0.388 e. The lowest BCUT2D eigenvalue weighted by atomic mass is 10.0. The van der Waals surface area contributed by atoms with E-state index in [1.165, 1.54) is 6.92 Å². The highest BCUT2D eigenvalue weighted by atomic mass is 35.5. The van der Waals surface area contributed by atoms with Crippen LogP contribution in [0.4, 0.5) is 0 Å². The molecule has 1 unspecified atom stereocenters. The maximum absolute atomic E-state index is 9.09. The predicted octanol–water partition coefficient (Wildman–Crippen LogP) is -1.77. The summed E-state index contributed by atoms with van der Waals surface area (Å²) < 4.78 is 4.68. The van der Waals surface area contributed by atoms with Gasteiger partial charge < -0.3 is 25.2 Å². The molecule has 0 amide bonds. The van der Waals surface area contributed by atoms with Gasteiger partial charge in [0.25, 0.3) is 0 Å². The highest BCUT2D eigenvalue weighted by Gasteiger charge is 2.40. The lowest BCUT2D eigenvalue weighted by molar-refractivity contribution is -0.277. The number of aliphatic hydroxyl groups excluding tert-OH is 4. The zero-order valence-corrected chi connectivity index (χ0v) is 7.31. The molecular weight excluding hydrogens is 188 g/mol. The van der Waals surface area contributed by atoms with Gasteiger partial charge in [0.05, 0.1) is 6.10 Å². The Bertz CT molecular complexity index is 130. The Kier molecular flexibility index (Phi) is 4.39. The van der Waals surface area contributed by atoms with Gasteiger partial charge in [0, 0.05) is 0 Å². The minimum atomic E-state index is -1.43. The van der Waals surface area contributed by atoms with Crippen LogP contribution in [0.15, 0.2) is 0 Å². The average molecular weight is 201 g/mol. The van der Waals surface area contributed by atoms with Gasteiger partial charge in [-0.2, -0.15) is 0 Å². The van der Waals surface area contributed by atoms with Crippen LogP contribution < -0.4 is 0 Å². The molecule has 0 saturated carbocycles. The van der Waals surface area contributed by atoms with E-state index in [0.29, 0.717) is 0 Å². The van der Waals surface area contributed by atoms with Crippen LogP contribution in [0.3, 0.4) is 0 Å². The second-order valence-corrected chi connectivity index (χ2v) is 2.70. The highest BCUT2D eigenvalue weighted by Crippen LogP contribution is 2.18. The molecule has 0 aromatic heterocycles. The summed E-state index contributed by atoms with van der Waals surface area (Å²) in [5.74, 6) is 0. The maximum Gasteiger partial charge on any atom is 0.183 e. The van der Waals surface area contributed by atoms with Crippen molar-refractivity contribution in [2.45, 2.75) is 37.6 Å². The summed E-state index contributed by atoms with van der Waals surface area (Å²) in [6.45, 7) is 1.50. The van der Waals surface area contributed by atoms with Crippen molar-refractivity contribution in [2.24, 2.45) is 0 Å². The van der Waals surface area contributed by atoms with Crippen LogP contribution in [0.2, 0.25) is 0 Å². The first-order valence-electron chi connectivity index (χ1n) is 3.41. The Morgan fingerprint density at radius 1 is 0.917 bits per heavy atom. The van der Waals surface area contributed by atoms with Gasteiger partial charge in [-0.25, -0.2) is 0 Å². The predicted molar refractivity (Wildman–Crippen MR) is 41.8 cm³/mol. The Labute approximate surface area is 76.0 Å². The van der Waals surface area contributed by atoms with E-state index < -0.39 is 30.7 Å². The first-order chi connectivity index (χ1) is 5.04. The molecule has 1 saturated heterocycles. The summed E-state index contributed by atoms with van der Waals surface area (Å²) in [7, 11) is 0. The van der Waals surface area contributed by atoms with Crippen molar-refractivity contribution >= 4 is 12.4 Å². The van der Waals surface area contributed by atoms with Crippen molar-refractivity contribution in [3.8, 4) is 0 Å². The summed E-state index contributed by atoms with van der Waals surface area (Å²) >= 11 is 0. The third kappa shape index (κ3) is 2.07. The summed E-state index contributed by atoms with van der Waals surface area (Å²) in [6, 6.07) is 0. The number of aliphatic hydroxyl groups is 4. The molecule has 1 heterocycles. The van der Waals surface area contributed by atoms with Crippen LogP contribution in [0.1, 0.15) is 6.92 Å². The average Bonchev–Trinajstić information content (AvgIpc) is 1.97. The van der Waals surface area contributed by atoms with Crippen molar-refractivity contribution < 1.29 is 25.2 Å². The molecule has 5 nitrogen and oxygen atoms in total. The molecule has 12 heavy (non-hydrogen) atoms. The third-order valence-electron chi connectivity index (χ3n) is 1.83. The molecule has 1 aliphatic heterocycles. The van der Waals surface area contributed by atoms with Gasteiger partial charge in [-0.1, -0.05) is 0 Å². The molecule has 0 radical (unpaired) electrons. The molecule has 0 aromatic carbocycles. The molecule has 5 atom stereocenters. The number of ether oxygens (including phenoxy) is 1. The van der Waals surface area contributed by atoms with Gasteiger partial charge in [-0.05, 0) is 6.92 Å². The molecule has 1 fully saturated rings. The lowest BCUT2D eigenvalue weighted by Gasteiger charge is -2.36. The summed E-state index contributed by atoms with van der Waals surface area (Å²) in [4.78, 5) is 0. The monoisotopic (exact) mass is 200 g/mol. The van der Waals surface area contributed by atoms with Gasteiger partial charge in [-0.3, -0.25) is 0 Å². The summed E-state index contributed by atoms with van der Waals surface area (Å²) in [5, 5.41) is 36.0. The zero-order chi connectivity index (χ0) is 8.59. The van der Waals surface area contributed by atoms with E-state index in [9.17, 15) is 0 Å². The fraction of sp³-hybridized carbons (Fsp3) is 1.00. The smallest absolute Gasteiger partial charge is 0.183 e. The maximum atomic E-state index is 9.09. The first-order valence-corrected chi connectivity index (χ1v) is 3.41. The SMILES string of the molecule is C[C@H]1OC(O)[C@H](O)[C@@H](O)[C@@H]1O.Cl. The first kappa shape index (κ1) is 12.1. The Morgan fingerprint density at radius 2 is 1.42 bits per heavy atom. The van der Waals surface area contributed by atoms with Gasteiger partial charge >= 0.3 is 0 Å². The molecule has 4 N–H and O–H groups in total. The minimum Gasteiger partial charge on any atom is -0.388 e. The van der Waals surface area contributed by atoms with Crippen molar-refractivity contribution in [2.75, 3.05) is 0 Å². The Morgan fingerprint density at radius 3 is 1.92 bits per heavy atom. The van der Waals surface area contributed by atoms with Crippen LogP contribution in [0, 0.1) is 0 Å². The van der Waals surface area contributed by atoms with E-state index >= 15 is 0 Å². The number of rotatable bonds is 0. The molecule has 1 rings (SSSR count). The van der Waals surface area contributed by atoms with Gasteiger partial charge in [0.15, 0.2) is 6.29 Å². The summed E-state index contributed by atoms with van der Waals surface area (Å²) in [5.41, 5.74) is 0. The zero-order valence-electron chi connectivity index (χ0n) is 6.49. The third-order valence-corrected chi connectivity index (χ3v) is 1.83. The Balaban J connectivity index is 0.00000121. The van der Waals surface area contributed by atoms with E-state index in [1.807, 2.05) is 0 Å². The van der Waals surface area contributed by atoms with E-state index in [4.69, 9.17) is 20.4 Å². The second kappa shape index (κ2) is 4.36. The standard InChI is InChI=1S/C6H12O5.ClH/c1-2-3(7)4(8)5(9)6(10)11-2;/h2-10H,1H3;1H/t2-,3-,4+,5-,6?;/m1./s1. The van der Waals surface area contributed by atoms with Crippen LogP contribution in [0.25, 0.3) is 0 Å². The van der Waals surface area contributed by atoms with Crippen LogP contribution in [-0.2, 0) is 4.74 Å². The molecule has 0 bridgehead atoms. The highest BCUT2D eigenvalue weighted by molar-refractivity contribution is 5.85. The van der Waals surface area contributed by atoms with Gasteiger partial charge in [-0.15, -0.1) is 12.4 Å². The molecule has 1 aliphatic rings. The van der Waals surface area contributed by atoms with Crippen molar-refractivity contribution in [3.05, 3.63) is 0 Å². The van der Waals surface area contributed by atoms with Gasteiger partial charge in [0.1, 0.15) is 18.3 Å². The van der Waals surface area contributed by atoms with Crippen LogP contribution in [0.5, 0.6) is 0 Å². The Hall–Kier alpha value is 0.0900. The fourth-order valence-corrected chi connectivity index (χ4v) is 1.03. The number of hydrogen-bond acceptors (Lipinski definition) is 5. The minimum absolute atomic E-state index is 0. The quantitative estimate of drug-likeness (QED) is 0.372. The van der Waals surface area contributed by atoms with Crippen molar-refractivity contribution in [1.82, 2.24) is 0 Å². The fourth-order valence-electron chi connectivity index (χ4n) is 1.03. The van der Waals surface area contributed by atoms with Crippen LogP contribution >= 0.6 is 12.4 Å². The van der Waals surface area contributed by atoms with E-state index in [0.717, 1.165) is 0 Å². The lowest BCUT2D eigenvalue weighted by Crippen LogP contribution is -2.56. The number of hydrogen-bond donors (Lipinski definition) is 4. The second-order valence-electron chi connectivity index (χ2n) is 2.70. The normalized spacial score (nSPS) is 48.2. The van der Waals surface area contributed by atoms with E-state index in [1.54, 1.807) is 0 Å².